The Morgan fingerprint density at radius 3 is 2.94 bits per heavy atom. The van der Waals surface area contributed by atoms with Crippen LogP contribution in [-0.4, -0.2) is 10.9 Å². The van der Waals surface area contributed by atoms with Gasteiger partial charge in [-0.1, -0.05) is 35.5 Å². The molecule has 1 rings (SSSR count). The van der Waals surface area contributed by atoms with Gasteiger partial charge in [-0.15, -0.1) is 0 Å². The van der Waals surface area contributed by atoms with Crippen LogP contribution in [0.4, 0.5) is 5.69 Å². The summed E-state index contributed by atoms with van der Waals surface area (Å²) in [5.41, 5.74) is 8.88. The third kappa shape index (κ3) is 4.53. The first-order valence-corrected chi connectivity index (χ1v) is 6.24. The molecule has 0 heterocycles. The number of rotatable bonds is 4. The van der Waals surface area contributed by atoms with E-state index in [0.29, 0.717) is 0 Å². The van der Waals surface area contributed by atoms with Crippen LogP contribution in [0.2, 0.25) is 0 Å². The van der Waals surface area contributed by atoms with E-state index in [4.69, 9.17) is 5.73 Å². The molecule has 0 atom stereocenters. The Balaban J connectivity index is 2.49. The number of hydrogen-bond donors (Lipinski definition) is 1. The molecule has 16 heavy (non-hydrogen) atoms. The van der Waals surface area contributed by atoms with Crippen molar-refractivity contribution in [2.75, 3.05) is 11.5 Å². The second-order valence-electron chi connectivity index (χ2n) is 3.66. The number of thioether (sulfide) groups is 1. The largest absolute Gasteiger partial charge is 0.398 e. The molecule has 2 nitrogen and oxygen atoms in total. The third-order valence-electron chi connectivity index (χ3n) is 2.13. The van der Waals surface area contributed by atoms with Gasteiger partial charge in [0.25, 0.3) is 0 Å². The van der Waals surface area contributed by atoms with Crippen LogP contribution in [0.5, 0.6) is 0 Å². The van der Waals surface area contributed by atoms with Gasteiger partial charge in [0.2, 0.25) is 0 Å². The molecule has 3 heteroatoms. The smallest absolute Gasteiger partial charge is 0.185 e. The minimum Gasteiger partial charge on any atom is -0.398 e. The molecule has 0 fully saturated rings. The Labute approximate surface area is 101 Å². The van der Waals surface area contributed by atoms with Crippen molar-refractivity contribution in [3.63, 3.8) is 0 Å². The van der Waals surface area contributed by atoms with E-state index in [1.165, 1.54) is 17.3 Å². The highest BCUT2D eigenvalue weighted by Gasteiger charge is 1.95. The van der Waals surface area contributed by atoms with Crippen molar-refractivity contribution >= 4 is 28.6 Å². The van der Waals surface area contributed by atoms with Gasteiger partial charge in [0.15, 0.2) is 5.12 Å². The van der Waals surface area contributed by atoms with Gasteiger partial charge in [-0.2, -0.15) is 0 Å². The number of carbonyl (C=O) groups excluding carboxylic acids is 1. The van der Waals surface area contributed by atoms with Crippen LogP contribution in [0, 0.1) is 6.92 Å². The molecule has 0 aliphatic rings. The summed E-state index contributed by atoms with van der Waals surface area (Å²) in [6.45, 7) is 3.63. The molecule has 0 aromatic heterocycles. The highest BCUT2D eigenvalue weighted by atomic mass is 32.2. The zero-order valence-electron chi connectivity index (χ0n) is 9.69. The maximum absolute atomic E-state index is 10.7. The van der Waals surface area contributed by atoms with Crippen LogP contribution in [-0.2, 0) is 4.79 Å². The second kappa shape index (κ2) is 6.38. The summed E-state index contributed by atoms with van der Waals surface area (Å²) < 4.78 is 0. The van der Waals surface area contributed by atoms with Gasteiger partial charge in [0, 0.05) is 18.4 Å². The molecule has 0 saturated carbocycles. The minimum absolute atomic E-state index is 0.170. The van der Waals surface area contributed by atoms with Gasteiger partial charge in [0.1, 0.15) is 0 Å². The van der Waals surface area contributed by atoms with Gasteiger partial charge in [-0.25, -0.2) is 0 Å². The van der Waals surface area contributed by atoms with E-state index in [-0.39, 0.29) is 5.12 Å². The average molecular weight is 235 g/mol. The van der Waals surface area contributed by atoms with E-state index in [9.17, 15) is 4.79 Å². The van der Waals surface area contributed by atoms with Crippen LogP contribution in [0.25, 0.3) is 6.08 Å². The zero-order chi connectivity index (χ0) is 12.0. The Morgan fingerprint density at radius 2 is 2.25 bits per heavy atom. The summed E-state index contributed by atoms with van der Waals surface area (Å²) in [5, 5.41) is 0.170. The predicted octanol–water partition coefficient (Wildman–Crippen LogP) is 3.26. The maximum atomic E-state index is 10.7. The van der Waals surface area contributed by atoms with Gasteiger partial charge in [-0.05, 0) is 31.0 Å². The van der Waals surface area contributed by atoms with Crippen molar-refractivity contribution in [3.8, 4) is 0 Å². The maximum Gasteiger partial charge on any atom is 0.185 e. The Morgan fingerprint density at radius 1 is 1.50 bits per heavy atom. The van der Waals surface area contributed by atoms with E-state index in [1.807, 2.05) is 25.1 Å². The summed E-state index contributed by atoms with van der Waals surface area (Å²) in [7, 11) is 0. The summed E-state index contributed by atoms with van der Waals surface area (Å²) in [6, 6.07) is 5.97. The Kier molecular flexibility index (Phi) is 5.12. The number of allylic oxidation sites excluding steroid dienone is 1. The summed E-state index contributed by atoms with van der Waals surface area (Å²) in [4.78, 5) is 10.7. The van der Waals surface area contributed by atoms with Gasteiger partial charge < -0.3 is 5.73 Å². The van der Waals surface area contributed by atoms with Crippen LogP contribution in [0.1, 0.15) is 24.5 Å². The van der Waals surface area contributed by atoms with Gasteiger partial charge in [-0.3, -0.25) is 4.79 Å². The van der Waals surface area contributed by atoms with E-state index < -0.39 is 0 Å². The van der Waals surface area contributed by atoms with Crippen molar-refractivity contribution in [1.82, 2.24) is 0 Å². The quantitative estimate of drug-likeness (QED) is 0.643. The summed E-state index contributed by atoms with van der Waals surface area (Å²) >= 11 is 1.35. The van der Waals surface area contributed by atoms with Crippen molar-refractivity contribution in [2.24, 2.45) is 0 Å². The van der Waals surface area contributed by atoms with Crippen molar-refractivity contribution in [2.45, 2.75) is 20.3 Å². The molecule has 0 saturated heterocycles. The first kappa shape index (κ1) is 12.8. The molecule has 0 amide bonds. The number of carbonyl (C=O) groups is 1. The SMILES string of the molecule is CC(=O)SCCC=Cc1cc(C)ccc1N. The summed E-state index contributed by atoms with van der Waals surface area (Å²) in [5.74, 6) is 0.831. The standard InChI is InChI=1S/C13H17NOS/c1-10-6-7-13(14)12(9-10)5-3-4-8-16-11(2)15/h3,5-7,9H,4,8,14H2,1-2H3. The first-order chi connectivity index (χ1) is 7.59. The monoisotopic (exact) mass is 235 g/mol. The number of hydrogen-bond acceptors (Lipinski definition) is 3. The average Bonchev–Trinajstić information content (AvgIpc) is 2.22. The zero-order valence-corrected chi connectivity index (χ0v) is 10.5. The summed E-state index contributed by atoms with van der Waals surface area (Å²) in [6.07, 6.45) is 4.96. The fraction of sp³-hybridized carbons (Fsp3) is 0.308. The molecule has 0 radical (unpaired) electrons. The van der Waals surface area contributed by atoms with E-state index >= 15 is 0 Å². The molecule has 0 bridgehead atoms. The van der Waals surface area contributed by atoms with E-state index in [2.05, 4.69) is 12.1 Å². The van der Waals surface area contributed by atoms with Crippen LogP contribution in [0.3, 0.4) is 0 Å². The second-order valence-corrected chi connectivity index (χ2v) is 4.94. The fourth-order valence-electron chi connectivity index (χ4n) is 1.32. The number of anilines is 1. The molecule has 0 aliphatic heterocycles. The van der Waals surface area contributed by atoms with Crippen LogP contribution in [0.15, 0.2) is 24.3 Å². The molecule has 86 valence electrons. The fourth-order valence-corrected chi connectivity index (χ4v) is 1.86. The topological polar surface area (TPSA) is 43.1 Å². The lowest BCUT2D eigenvalue weighted by atomic mass is 10.1. The highest BCUT2D eigenvalue weighted by molar-refractivity contribution is 8.13. The molecular formula is C13H17NOS. The molecule has 1 aromatic rings. The normalized spacial score (nSPS) is 10.9. The Hall–Kier alpha value is -1.22. The molecule has 2 N–H and O–H groups in total. The van der Waals surface area contributed by atoms with E-state index in [0.717, 1.165) is 23.4 Å². The Bertz CT molecular complexity index is 399. The lowest BCUT2D eigenvalue weighted by Crippen LogP contribution is -1.89. The molecule has 0 unspecified atom stereocenters. The predicted molar refractivity (Wildman–Crippen MR) is 72.4 cm³/mol. The van der Waals surface area contributed by atoms with Gasteiger partial charge >= 0.3 is 0 Å². The molecular weight excluding hydrogens is 218 g/mol. The number of nitrogens with two attached hydrogens (primary N) is 1. The van der Waals surface area contributed by atoms with Gasteiger partial charge in [0.05, 0.1) is 0 Å². The highest BCUT2D eigenvalue weighted by Crippen LogP contribution is 2.16. The lowest BCUT2D eigenvalue weighted by Gasteiger charge is -2.01. The molecule has 1 aromatic carbocycles. The van der Waals surface area contributed by atoms with Crippen LogP contribution >= 0.6 is 11.8 Å². The third-order valence-corrected chi connectivity index (χ3v) is 2.98. The van der Waals surface area contributed by atoms with Crippen molar-refractivity contribution < 1.29 is 4.79 Å². The number of nitrogen functional groups attached to an aromatic ring is 1. The van der Waals surface area contributed by atoms with E-state index in [1.54, 1.807) is 6.92 Å². The number of aryl methyl sites for hydroxylation is 1. The molecule has 0 aliphatic carbocycles. The minimum atomic E-state index is 0.170. The number of benzene rings is 1. The van der Waals surface area contributed by atoms with Crippen molar-refractivity contribution in [1.29, 1.82) is 0 Å². The van der Waals surface area contributed by atoms with Crippen LogP contribution < -0.4 is 5.73 Å². The lowest BCUT2D eigenvalue weighted by molar-refractivity contribution is -0.109. The van der Waals surface area contributed by atoms with Crippen molar-refractivity contribution in [3.05, 3.63) is 35.4 Å². The molecule has 0 spiro atoms. The first-order valence-electron chi connectivity index (χ1n) is 5.25.